The van der Waals surface area contributed by atoms with E-state index in [-0.39, 0.29) is 119 Å². The lowest BCUT2D eigenvalue weighted by molar-refractivity contribution is -0.151. The van der Waals surface area contributed by atoms with Gasteiger partial charge in [-0.1, -0.05) is 111 Å². The number of aliphatic hydroxyl groups excluding tert-OH is 6. The van der Waals surface area contributed by atoms with Gasteiger partial charge in [0.2, 0.25) is 82.7 Å². The van der Waals surface area contributed by atoms with Crippen LogP contribution in [0.1, 0.15) is 152 Å². The third-order valence-electron chi connectivity index (χ3n) is 16.7. The van der Waals surface area contributed by atoms with Gasteiger partial charge in [0.1, 0.15) is 0 Å². The molecule has 0 aliphatic heterocycles. The van der Waals surface area contributed by atoms with Crippen molar-refractivity contribution in [3.05, 3.63) is 0 Å². The monoisotopic (exact) mass is 1610 g/mol. The van der Waals surface area contributed by atoms with E-state index in [1.54, 1.807) is 27.7 Å². The maximum Gasteiger partial charge on any atom is 0.242 e. The van der Waals surface area contributed by atoms with Crippen LogP contribution < -0.4 is 11.1 Å². The molecule has 0 fully saturated rings. The van der Waals surface area contributed by atoms with Gasteiger partial charge in [-0.25, -0.2) is 0 Å². The summed E-state index contributed by atoms with van der Waals surface area (Å²) in [4.78, 5) is 212. The van der Waals surface area contributed by atoms with Gasteiger partial charge in [0, 0.05) is 85.1 Å². The van der Waals surface area contributed by atoms with Crippen LogP contribution in [-0.2, 0) is 67.1 Å². The standard InChI is InChI=1S/C78H145N15O20/c1-51(2)23-80-24-66(101)82(26-53(5)6)39-68(103)84(28-55(9)10)41-71(106)87(31-58(15)16)44-73(108)89(33-60(18)95)46-75(110)91(35-62(20)97)48-77(112)93(37-64(22)99)50-78(113)92(36-63(21)98)49-76(111)90(34-61(19)96)47-74(109)88(32-59(17)94)45-72(107)86(30-57(13)14)43-70(105)85(29-56(11)12)42-69(104)83(27-54(7)8)40-67(102)81(25-52(3)4)38-65(79)100/h51-64,80,94-99H,23-50H2,1-22H3,(H2,79,100). The molecule has 0 aromatic rings. The smallest absolute Gasteiger partial charge is 0.242 e. The van der Waals surface area contributed by atoms with E-state index in [0.29, 0.717) is 6.54 Å². The Balaban J connectivity index is 7.17. The first kappa shape index (κ1) is 105. The van der Waals surface area contributed by atoms with Crippen molar-refractivity contribution < 1.29 is 97.8 Å². The molecule has 0 aromatic heterocycles. The fraction of sp³-hybridized carbons (Fsp3) is 0.821. The van der Waals surface area contributed by atoms with Gasteiger partial charge >= 0.3 is 0 Å². The van der Waals surface area contributed by atoms with Crippen LogP contribution in [0.2, 0.25) is 0 Å². The largest absolute Gasteiger partial charge is 0.392 e. The van der Waals surface area contributed by atoms with Gasteiger partial charge in [0.05, 0.1) is 128 Å². The lowest BCUT2D eigenvalue weighted by Crippen LogP contribution is -2.55. The van der Waals surface area contributed by atoms with Crippen LogP contribution in [0.15, 0.2) is 0 Å². The van der Waals surface area contributed by atoms with Crippen LogP contribution in [0.5, 0.6) is 0 Å². The second-order valence-corrected chi connectivity index (χ2v) is 33.9. The number of nitrogens with one attached hydrogen (secondary N) is 1. The van der Waals surface area contributed by atoms with Crippen molar-refractivity contribution >= 4 is 82.7 Å². The number of amides is 14. The SMILES string of the molecule is CC(C)CNCC(=O)N(CC(=O)N(CC(=O)N(CC(=O)N(CC(=O)N(CC(=O)N(CC(=O)N(CC(=O)N(CC(=O)N(CC(=O)N(CC(=O)N(CC(=O)N(CC(=O)N(CC(N)=O)CC(C)C)CC(C)C)CC(C)C)CC(C)C)CC(C)O)CC(C)O)CC(C)O)CC(C)O)CC(C)O)CC(C)O)CC(C)C)CC(C)C)CC(C)C. The molecule has 6 atom stereocenters. The number of nitrogens with zero attached hydrogens (tertiary/aromatic N) is 13. The molecular weight excluding hydrogens is 1470 g/mol. The molecule has 0 aliphatic carbocycles. The summed E-state index contributed by atoms with van der Waals surface area (Å²) in [6.07, 6.45) is -7.77. The Bertz CT molecular complexity index is 2990. The van der Waals surface area contributed by atoms with Crippen molar-refractivity contribution in [3.63, 3.8) is 0 Å². The minimum absolute atomic E-state index is 0.00688. The molecule has 35 nitrogen and oxygen atoms in total. The van der Waals surface area contributed by atoms with Crippen LogP contribution in [0.3, 0.4) is 0 Å². The van der Waals surface area contributed by atoms with Crippen molar-refractivity contribution in [2.24, 2.45) is 53.1 Å². The number of aliphatic hydroxyl groups is 6. The zero-order valence-corrected chi connectivity index (χ0v) is 72.2. The number of hydrogen-bond acceptors (Lipinski definition) is 21. The lowest BCUT2D eigenvalue weighted by atomic mass is 10.1. The fourth-order valence-electron chi connectivity index (χ4n) is 12.2. The topological polar surface area (TPSA) is 441 Å². The molecule has 9 N–H and O–H groups in total. The summed E-state index contributed by atoms with van der Waals surface area (Å²) in [7, 11) is 0. The molecule has 0 spiro atoms. The second kappa shape index (κ2) is 53.5. The maximum atomic E-state index is 14.5. The Hall–Kier alpha value is -7.70. The molecule has 0 radical (unpaired) electrons. The highest BCUT2D eigenvalue weighted by molar-refractivity contribution is 5.96. The Kier molecular flexibility index (Phi) is 49.8. The van der Waals surface area contributed by atoms with Crippen LogP contribution >= 0.6 is 0 Å². The molecule has 0 bridgehead atoms. The molecule has 0 saturated heterocycles. The predicted molar refractivity (Wildman–Crippen MR) is 426 cm³/mol. The van der Waals surface area contributed by atoms with E-state index in [1.807, 2.05) is 83.1 Å². The van der Waals surface area contributed by atoms with Gasteiger partial charge in [-0.05, 0) is 95.4 Å². The average Bonchev–Trinajstić information content (AvgIpc) is 0.853. The van der Waals surface area contributed by atoms with Crippen molar-refractivity contribution in [2.75, 3.05) is 183 Å². The fourth-order valence-corrected chi connectivity index (χ4v) is 12.2. The van der Waals surface area contributed by atoms with Gasteiger partial charge in [-0.2, -0.15) is 0 Å². The molecule has 113 heavy (non-hydrogen) atoms. The number of carbonyl (C=O) groups excluding carboxylic acids is 14. The van der Waals surface area contributed by atoms with Crippen LogP contribution in [0.25, 0.3) is 0 Å². The van der Waals surface area contributed by atoms with Crippen molar-refractivity contribution in [3.8, 4) is 0 Å². The van der Waals surface area contributed by atoms with Gasteiger partial charge in [0.15, 0.2) is 0 Å². The zero-order valence-electron chi connectivity index (χ0n) is 72.2. The Morgan fingerprint density at radius 2 is 0.327 bits per heavy atom. The summed E-state index contributed by atoms with van der Waals surface area (Å²) in [5, 5.41) is 67.5. The summed E-state index contributed by atoms with van der Waals surface area (Å²) >= 11 is 0. The van der Waals surface area contributed by atoms with E-state index in [1.165, 1.54) is 75.8 Å². The number of nitrogens with two attached hydrogens (primary N) is 1. The summed E-state index contributed by atoms with van der Waals surface area (Å²) in [6, 6.07) is 0. The first-order valence-electron chi connectivity index (χ1n) is 39.9. The van der Waals surface area contributed by atoms with Crippen LogP contribution in [0.4, 0.5) is 0 Å². The molecule has 35 heteroatoms. The quantitative estimate of drug-likeness (QED) is 0.0339. The van der Waals surface area contributed by atoms with E-state index < -0.39 is 225 Å². The number of rotatable bonds is 56. The summed E-state index contributed by atoms with van der Waals surface area (Å²) in [6.45, 7) is 27.7. The zero-order chi connectivity index (χ0) is 87.2. The van der Waals surface area contributed by atoms with E-state index in [0.717, 1.165) is 29.4 Å². The van der Waals surface area contributed by atoms with Gasteiger partial charge in [0.25, 0.3) is 0 Å². The number of carbonyl (C=O) groups is 14. The molecule has 0 rings (SSSR count). The third kappa shape index (κ3) is 45.8. The molecular formula is C78H145N15O20. The molecule has 0 aromatic carbocycles. The molecule has 0 heterocycles. The molecule has 0 aliphatic rings. The van der Waals surface area contributed by atoms with E-state index in [4.69, 9.17) is 5.73 Å². The molecule has 652 valence electrons. The van der Waals surface area contributed by atoms with E-state index >= 15 is 0 Å². The summed E-state index contributed by atoms with van der Waals surface area (Å²) < 4.78 is 0. The highest BCUT2D eigenvalue weighted by atomic mass is 16.3. The van der Waals surface area contributed by atoms with Gasteiger partial charge in [-0.15, -0.1) is 0 Å². The normalized spacial score (nSPS) is 13.2. The van der Waals surface area contributed by atoms with Crippen molar-refractivity contribution in [1.82, 2.24) is 69.0 Å². The maximum absolute atomic E-state index is 14.5. The van der Waals surface area contributed by atoms with E-state index in [9.17, 15) is 97.8 Å². The third-order valence-corrected chi connectivity index (χ3v) is 16.7. The number of primary amides is 1. The minimum atomic E-state index is -1.33. The highest BCUT2D eigenvalue weighted by Crippen LogP contribution is 2.15. The van der Waals surface area contributed by atoms with Crippen molar-refractivity contribution in [2.45, 2.75) is 189 Å². The first-order chi connectivity index (χ1) is 52.2. The molecule has 6 unspecified atom stereocenters. The molecule has 14 amide bonds. The van der Waals surface area contributed by atoms with Gasteiger partial charge in [-0.3, -0.25) is 67.1 Å². The van der Waals surface area contributed by atoms with Crippen LogP contribution in [0, 0.1) is 47.3 Å². The van der Waals surface area contributed by atoms with E-state index in [2.05, 4.69) is 5.32 Å². The minimum Gasteiger partial charge on any atom is -0.392 e. The van der Waals surface area contributed by atoms with Crippen LogP contribution in [-0.4, -0.2) is 397 Å². The average molecular weight is 1610 g/mol. The first-order valence-corrected chi connectivity index (χ1v) is 39.9. The Labute approximate surface area is 672 Å². The Morgan fingerprint density at radius 1 is 0.204 bits per heavy atom. The highest BCUT2D eigenvalue weighted by Gasteiger charge is 2.36. The second-order valence-electron chi connectivity index (χ2n) is 33.9. The number of hydrogen-bond donors (Lipinski definition) is 8. The lowest BCUT2D eigenvalue weighted by Gasteiger charge is -2.34. The summed E-state index contributed by atoms with van der Waals surface area (Å²) in [5.41, 5.74) is 5.47. The molecule has 0 saturated carbocycles. The Morgan fingerprint density at radius 3 is 0.442 bits per heavy atom. The predicted octanol–water partition coefficient (Wildman–Crippen LogP) is -1.63. The summed E-state index contributed by atoms with van der Waals surface area (Å²) in [5.74, 6) is -10.9. The van der Waals surface area contributed by atoms with Gasteiger partial charge < -0.3 is 105 Å². The van der Waals surface area contributed by atoms with Crippen molar-refractivity contribution in [1.29, 1.82) is 0 Å².